The topological polar surface area (TPSA) is 67.9 Å². The van der Waals surface area contributed by atoms with Crippen LogP contribution in [-0.4, -0.2) is 42.5 Å². The van der Waals surface area contributed by atoms with E-state index >= 15 is 0 Å². The molecule has 0 aliphatic carbocycles. The Kier molecular flexibility index (Phi) is 9.23. The number of nitrogens with one attached hydrogen (secondary N) is 1. The Hall–Kier alpha value is -3.87. The minimum absolute atomic E-state index is 0.0981. The quantitative estimate of drug-likeness (QED) is 0.444. The smallest absolute Gasteiger partial charge is 0.261 e. The molecule has 3 aromatic rings. The molecule has 7 heteroatoms. The predicted molar refractivity (Wildman–Crippen MR) is 133 cm³/mol. The van der Waals surface area contributed by atoms with E-state index in [1.165, 1.54) is 17.0 Å². The summed E-state index contributed by atoms with van der Waals surface area (Å²) in [6.45, 7) is 3.62. The summed E-state index contributed by atoms with van der Waals surface area (Å²) in [5.41, 5.74) is 1.63. The zero-order valence-corrected chi connectivity index (χ0v) is 20.2. The molecule has 6 nitrogen and oxygen atoms in total. The zero-order valence-electron chi connectivity index (χ0n) is 20.2. The van der Waals surface area contributed by atoms with Crippen LogP contribution in [0.3, 0.4) is 0 Å². The second-order valence-electron chi connectivity index (χ2n) is 8.48. The first-order valence-electron chi connectivity index (χ1n) is 11.5. The molecular weight excluding hydrogens is 447 g/mol. The Morgan fingerprint density at radius 1 is 0.886 bits per heavy atom. The lowest BCUT2D eigenvalue weighted by atomic mass is 10.0. The van der Waals surface area contributed by atoms with Crippen molar-refractivity contribution in [1.82, 2.24) is 10.2 Å². The van der Waals surface area contributed by atoms with E-state index in [0.29, 0.717) is 23.5 Å². The van der Waals surface area contributed by atoms with E-state index in [-0.39, 0.29) is 36.8 Å². The third kappa shape index (κ3) is 7.84. The molecular formula is C28H31FN2O4. The van der Waals surface area contributed by atoms with Crippen LogP contribution < -0.4 is 14.8 Å². The molecule has 0 spiro atoms. The molecule has 2 amide bonds. The first kappa shape index (κ1) is 25.7. The second-order valence-corrected chi connectivity index (χ2v) is 8.48. The fourth-order valence-corrected chi connectivity index (χ4v) is 3.62. The fraction of sp³-hybridized carbons (Fsp3) is 0.286. The molecule has 0 radical (unpaired) electrons. The Morgan fingerprint density at radius 2 is 1.51 bits per heavy atom. The Bertz CT molecular complexity index is 1090. The molecule has 0 aromatic heterocycles. The van der Waals surface area contributed by atoms with Gasteiger partial charge in [-0.05, 0) is 61.4 Å². The van der Waals surface area contributed by atoms with Crippen molar-refractivity contribution in [2.45, 2.75) is 38.9 Å². The Balaban J connectivity index is 1.87. The van der Waals surface area contributed by atoms with Crippen molar-refractivity contribution in [3.63, 3.8) is 0 Å². The number of rotatable bonds is 11. The number of methoxy groups -OCH3 is 1. The first-order chi connectivity index (χ1) is 16.9. The van der Waals surface area contributed by atoms with Gasteiger partial charge in [-0.2, -0.15) is 0 Å². The van der Waals surface area contributed by atoms with Gasteiger partial charge in [0.05, 0.1) is 7.11 Å². The molecule has 0 heterocycles. The highest BCUT2D eigenvalue weighted by molar-refractivity contribution is 5.88. The average Bonchev–Trinajstić information content (AvgIpc) is 2.86. The highest BCUT2D eigenvalue weighted by Crippen LogP contribution is 2.19. The lowest BCUT2D eigenvalue weighted by molar-refractivity contribution is -0.143. The maximum atomic E-state index is 13.5. The van der Waals surface area contributed by atoms with Gasteiger partial charge in [0.2, 0.25) is 5.91 Å². The minimum atomic E-state index is -0.781. The van der Waals surface area contributed by atoms with Gasteiger partial charge >= 0.3 is 0 Å². The number of hydrogen-bond donors (Lipinski definition) is 1. The van der Waals surface area contributed by atoms with E-state index in [0.717, 1.165) is 5.56 Å². The van der Waals surface area contributed by atoms with Crippen LogP contribution in [0.1, 0.15) is 25.0 Å². The second kappa shape index (κ2) is 12.6. The number of halogens is 1. The van der Waals surface area contributed by atoms with Crippen LogP contribution in [0, 0.1) is 5.82 Å². The summed E-state index contributed by atoms with van der Waals surface area (Å²) < 4.78 is 24.4. The summed E-state index contributed by atoms with van der Waals surface area (Å²) in [4.78, 5) is 28.2. The lowest BCUT2D eigenvalue weighted by Crippen LogP contribution is -2.52. The van der Waals surface area contributed by atoms with Crippen LogP contribution in [0.4, 0.5) is 4.39 Å². The molecule has 0 bridgehead atoms. The van der Waals surface area contributed by atoms with Crippen molar-refractivity contribution in [2.75, 3.05) is 13.7 Å². The van der Waals surface area contributed by atoms with E-state index in [1.807, 2.05) is 44.2 Å². The Morgan fingerprint density at radius 3 is 2.11 bits per heavy atom. The normalized spacial score (nSPS) is 11.6. The molecule has 0 saturated carbocycles. The number of hydrogen-bond acceptors (Lipinski definition) is 4. The third-order valence-electron chi connectivity index (χ3n) is 5.39. The van der Waals surface area contributed by atoms with Gasteiger partial charge in [0.1, 0.15) is 23.4 Å². The predicted octanol–water partition coefficient (Wildman–Crippen LogP) is 4.38. The van der Waals surface area contributed by atoms with Gasteiger partial charge in [0.25, 0.3) is 5.91 Å². The largest absolute Gasteiger partial charge is 0.497 e. The molecule has 184 valence electrons. The van der Waals surface area contributed by atoms with Crippen LogP contribution >= 0.6 is 0 Å². The van der Waals surface area contributed by atoms with Crippen molar-refractivity contribution in [1.29, 1.82) is 0 Å². The van der Waals surface area contributed by atoms with Gasteiger partial charge in [-0.15, -0.1) is 0 Å². The van der Waals surface area contributed by atoms with Crippen molar-refractivity contribution in [3.05, 3.63) is 95.8 Å². The molecule has 0 fully saturated rings. The van der Waals surface area contributed by atoms with E-state index in [1.54, 1.807) is 43.5 Å². The molecule has 35 heavy (non-hydrogen) atoms. The number of benzene rings is 3. The number of ether oxygens (including phenoxy) is 2. The van der Waals surface area contributed by atoms with Crippen molar-refractivity contribution in [3.8, 4) is 11.5 Å². The van der Waals surface area contributed by atoms with Crippen LogP contribution in [0.15, 0.2) is 78.9 Å². The number of amides is 2. The third-order valence-corrected chi connectivity index (χ3v) is 5.39. The number of carbonyl (C=O) groups is 2. The zero-order chi connectivity index (χ0) is 25.2. The summed E-state index contributed by atoms with van der Waals surface area (Å²) in [6.07, 6.45) is 0.328. The highest BCUT2D eigenvalue weighted by Gasteiger charge is 2.31. The summed E-state index contributed by atoms with van der Waals surface area (Å²) >= 11 is 0. The summed E-state index contributed by atoms with van der Waals surface area (Å²) in [5.74, 6) is 0.198. The van der Waals surface area contributed by atoms with Crippen LogP contribution in [0.2, 0.25) is 0 Å². The number of carbonyl (C=O) groups excluding carboxylic acids is 2. The van der Waals surface area contributed by atoms with Crippen LogP contribution in [-0.2, 0) is 22.6 Å². The molecule has 0 aliphatic heterocycles. The molecule has 1 N–H and O–H groups in total. The molecule has 1 atom stereocenters. The van der Waals surface area contributed by atoms with Gasteiger partial charge in [-0.25, -0.2) is 4.39 Å². The van der Waals surface area contributed by atoms with E-state index in [4.69, 9.17) is 9.47 Å². The van der Waals surface area contributed by atoms with Crippen LogP contribution in [0.25, 0.3) is 0 Å². The van der Waals surface area contributed by atoms with E-state index in [2.05, 4.69) is 5.32 Å². The molecule has 3 aromatic carbocycles. The molecule has 0 saturated heterocycles. The highest BCUT2D eigenvalue weighted by atomic mass is 19.1. The fourth-order valence-electron chi connectivity index (χ4n) is 3.62. The van der Waals surface area contributed by atoms with E-state index < -0.39 is 6.04 Å². The summed E-state index contributed by atoms with van der Waals surface area (Å²) in [5, 5.41) is 2.93. The minimum Gasteiger partial charge on any atom is -0.497 e. The average molecular weight is 479 g/mol. The van der Waals surface area contributed by atoms with E-state index in [9.17, 15) is 14.0 Å². The van der Waals surface area contributed by atoms with Gasteiger partial charge < -0.3 is 19.7 Å². The molecule has 0 unspecified atom stereocenters. The standard InChI is InChI=1S/C28H31FN2O4/c1-20(2)30-28(33)26(17-21-7-5-4-6-8-21)31(18-22-9-11-23(29)12-10-22)27(32)19-35-25-15-13-24(34-3)14-16-25/h4-16,20,26H,17-19H2,1-3H3,(H,30,33)/t26-/m0/s1. The van der Waals surface area contributed by atoms with Crippen molar-refractivity contribution < 1.29 is 23.5 Å². The van der Waals surface area contributed by atoms with Crippen molar-refractivity contribution >= 4 is 11.8 Å². The Labute approximate surface area is 205 Å². The van der Waals surface area contributed by atoms with Gasteiger partial charge in [-0.3, -0.25) is 9.59 Å². The van der Waals surface area contributed by atoms with Crippen molar-refractivity contribution in [2.24, 2.45) is 0 Å². The SMILES string of the molecule is COc1ccc(OCC(=O)N(Cc2ccc(F)cc2)[C@@H](Cc2ccccc2)C(=O)NC(C)C)cc1. The maximum absolute atomic E-state index is 13.5. The monoisotopic (exact) mass is 478 g/mol. The summed E-state index contributed by atoms with van der Waals surface area (Å²) in [7, 11) is 1.57. The molecule has 0 aliphatic rings. The van der Waals surface area contributed by atoms with Gasteiger partial charge in [-0.1, -0.05) is 42.5 Å². The number of nitrogens with zero attached hydrogens (tertiary/aromatic N) is 1. The first-order valence-corrected chi connectivity index (χ1v) is 11.5. The van der Waals surface area contributed by atoms with Gasteiger partial charge in [0.15, 0.2) is 6.61 Å². The molecule has 3 rings (SSSR count). The lowest BCUT2D eigenvalue weighted by Gasteiger charge is -2.32. The van der Waals surface area contributed by atoms with Crippen LogP contribution in [0.5, 0.6) is 11.5 Å². The maximum Gasteiger partial charge on any atom is 0.261 e. The summed E-state index contributed by atoms with van der Waals surface area (Å²) in [6, 6.07) is 21.5. The van der Waals surface area contributed by atoms with Gasteiger partial charge in [0, 0.05) is 19.0 Å².